The molecule has 1 atom stereocenters. The summed E-state index contributed by atoms with van der Waals surface area (Å²) >= 11 is 0. The number of carbonyl (C=O) groups excluding carboxylic acids is 1. The highest BCUT2D eigenvalue weighted by atomic mass is 31.2. The van der Waals surface area contributed by atoms with E-state index < -0.39 is 20.5 Å². The summed E-state index contributed by atoms with van der Waals surface area (Å²) in [5.41, 5.74) is 0. The molecule has 3 N–H and O–H groups in total. The Hall–Kier alpha value is -0.260. The first-order valence-electron chi connectivity index (χ1n) is 2.22. The fourth-order valence-corrected chi connectivity index (χ4v) is 0.699. The van der Waals surface area contributed by atoms with Gasteiger partial charge in [-0.3, -0.25) is 9.32 Å². The Bertz CT molecular complexity index is 149. The van der Waals surface area contributed by atoms with Crippen LogP contribution in [0.25, 0.3) is 0 Å². The van der Waals surface area contributed by atoms with Crippen molar-refractivity contribution in [3.63, 3.8) is 0 Å². The molecule has 0 spiro atoms. The Labute approximate surface area is 56.7 Å². The number of rotatable bonds is 4. The number of hydrogen-bond donors (Lipinski definition) is 3. The predicted molar refractivity (Wildman–Crippen MR) is 29.7 cm³/mol. The largest absolute Gasteiger partial charge is 0.470 e. The van der Waals surface area contributed by atoms with Gasteiger partial charge in [-0.1, -0.05) is 0 Å². The van der Waals surface area contributed by atoms with Crippen LogP contribution in [0.3, 0.4) is 0 Å². The Morgan fingerprint density at radius 1 is 1.60 bits per heavy atom. The minimum atomic E-state index is -4.68. The summed E-state index contributed by atoms with van der Waals surface area (Å²) in [5, 5.41) is 8.16. The van der Waals surface area contributed by atoms with Gasteiger partial charge >= 0.3 is 7.82 Å². The van der Waals surface area contributed by atoms with Gasteiger partial charge in [0, 0.05) is 0 Å². The van der Waals surface area contributed by atoms with Gasteiger partial charge in [0.25, 0.3) is 0 Å². The van der Waals surface area contributed by atoms with Crippen molar-refractivity contribution in [1.82, 2.24) is 0 Å². The molecule has 6 nitrogen and oxygen atoms in total. The highest BCUT2D eigenvalue weighted by Gasteiger charge is 2.21. The molecule has 0 aromatic rings. The summed E-state index contributed by atoms with van der Waals surface area (Å²) in [6, 6.07) is 0. The Balaban J connectivity index is 3.86. The predicted octanol–water partition coefficient (Wildman–Crippen LogP) is -1.43. The molecule has 0 saturated heterocycles. The van der Waals surface area contributed by atoms with E-state index in [9.17, 15) is 9.36 Å². The molecule has 0 aromatic heterocycles. The maximum absolute atomic E-state index is 9.94. The summed E-state index contributed by atoms with van der Waals surface area (Å²) in [6.45, 7) is -0.797. The Morgan fingerprint density at radius 2 is 2.10 bits per heavy atom. The molecule has 0 aromatic carbocycles. The van der Waals surface area contributed by atoms with E-state index in [1.807, 2.05) is 0 Å². The minimum Gasteiger partial charge on any atom is -0.393 e. The maximum atomic E-state index is 9.94. The van der Waals surface area contributed by atoms with E-state index in [0.29, 0.717) is 0 Å². The van der Waals surface area contributed by atoms with Crippen LogP contribution in [0.1, 0.15) is 0 Å². The number of hydrogen-bond acceptors (Lipinski definition) is 4. The maximum Gasteiger partial charge on any atom is 0.470 e. The Morgan fingerprint density at radius 3 is 2.20 bits per heavy atom. The monoisotopic (exact) mass is 169 g/mol. The zero-order chi connectivity index (χ0) is 8.20. The summed E-state index contributed by atoms with van der Waals surface area (Å²) < 4.78 is 13.7. The first-order chi connectivity index (χ1) is 4.49. The van der Waals surface area contributed by atoms with Gasteiger partial charge in [0.2, 0.25) is 6.29 Å². The quantitative estimate of drug-likeness (QED) is 0.445. The molecule has 0 aliphatic carbocycles. The molecular weight excluding hydrogens is 163 g/mol. The van der Waals surface area contributed by atoms with Crippen LogP contribution in [0.2, 0.25) is 0 Å². The molecule has 0 aliphatic heterocycles. The second kappa shape index (κ2) is 3.80. The van der Waals surface area contributed by atoms with Gasteiger partial charge in [0.1, 0.15) is 0 Å². The highest BCUT2D eigenvalue weighted by molar-refractivity contribution is 7.46. The highest BCUT2D eigenvalue weighted by Crippen LogP contribution is 2.36. The zero-order valence-electron chi connectivity index (χ0n) is 4.80. The van der Waals surface area contributed by atoms with Crippen molar-refractivity contribution in [1.29, 1.82) is 0 Å². The van der Waals surface area contributed by atoms with Crippen molar-refractivity contribution in [3.8, 4) is 0 Å². The molecule has 0 heterocycles. The van der Waals surface area contributed by atoms with Crippen molar-refractivity contribution in [2.24, 2.45) is 0 Å². The number of aliphatic hydroxyl groups is 1. The lowest BCUT2D eigenvalue weighted by atomic mass is 10.4. The van der Waals surface area contributed by atoms with E-state index in [0.717, 1.165) is 6.29 Å². The third-order valence-electron chi connectivity index (χ3n) is 0.562. The van der Waals surface area contributed by atoms with Crippen molar-refractivity contribution >= 4 is 14.1 Å². The standard InChI is InChI=1S/C3H6O6P/c4-1-3(2-5)9-10(6,7)8/h3-4H,1H2,(H2,6,7,8). The number of phosphoric ester groups is 1. The second-order valence-corrected chi connectivity index (χ2v) is 2.58. The third kappa shape index (κ3) is 4.60. The molecule has 0 rings (SSSR count). The zero-order valence-corrected chi connectivity index (χ0v) is 5.69. The molecular formula is C3H6O6P. The van der Waals surface area contributed by atoms with E-state index >= 15 is 0 Å². The van der Waals surface area contributed by atoms with Gasteiger partial charge in [-0.25, -0.2) is 4.57 Å². The Kier molecular flexibility index (Phi) is 3.70. The molecule has 0 bridgehead atoms. The molecule has 0 fully saturated rings. The van der Waals surface area contributed by atoms with Gasteiger partial charge in [0.05, 0.1) is 6.61 Å². The average Bonchev–Trinajstić information content (AvgIpc) is 1.81. The van der Waals surface area contributed by atoms with Gasteiger partial charge in [-0.15, -0.1) is 0 Å². The van der Waals surface area contributed by atoms with E-state index in [1.165, 1.54) is 0 Å². The van der Waals surface area contributed by atoms with Crippen molar-refractivity contribution < 1.29 is 28.8 Å². The molecule has 0 amide bonds. The lowest BCUT2D eigenvalue weighted by Crippen LogP contribution is -2.17. The van der Waals surface area contributed by atoms with Gasteiger partial charge in [-0.2, -0.15) is 0 Å². The van der Waals surface area contributed by atoms with Crippen LogP contribution in [0.5, 0.6) is 0 Å². The lowest BCUT2D eigenvalue weighted by Gasteiger charge is -2.07. The summed E-state index contributed by atoms with van der Waals surface area (Å²) in [5.74, 6) is 0. The topological polar surface area (TPSA) is 104 Å². The molecule has 1 unspecified atom stereocenters. The SMILES string of the molecule is O=[C]C(CO)OP(=O)(O)O. The smallest absolute Gasteiger partial charge is 0.393 e. The molecule has 0 saturated carbocycles. The third-order valence-corrected chi connectivity index (χ3v) is 1.09. The van der Waals surface area contributed by atoms with Crippen molar-refractivity contribution in [3.05, 3.63) is 0 Å². The van der Waals surface area contributed by atoms with Crippen LogP contribution in [0.4, 0.5) is 0 Å². The second-order valence-electron chi connectivity index (χ2n) is 1.39. The number of aliphatic hydroxyl groups excluding tert-OH is 1. The van der Waals surface area contributed by atoms with E-state index in [-0.39, 0.29) is 0 Å². The summed E-state index contributed by atoms with van der Waals surface area (Å²) in [7, 11) is -4.68. The van der Waals surface area contributed by atoms with Gasteiger partial charge < -0.3 is 14.9 Å². The van der Waals surface area contributed by atoms with Crippen LogP contribution in [0, 0.1) is 0 Å². The summed E-state index contributed by atoms with van der Waals surface area (Å²) in [4.78, 5) is 25.8. The fourth-order valence-electron chi connectivity index (χ4n) is 0.258. The van der Waals surface area contributed by atoms with Gasteiger partial charge in [-0.05, 0) is 0 Å². The van der Waals surface area contributed by atoms with Crippen LogP contribution in [-0.4, -0.2) is 33.9 Å². The van der Waals surface area contributed by atoms with Crippen LogP contribution in [-0.2, 0) is 13.9 Å². The summed E-state index contributed by atoms with van der Waals surface area (Å²) in [6.07, 6.45) is -0.475. The molecule has 7 heteroatoms. The first-order valence-corrected chi connectivity index (χ1v) is 3.75. The number of phosphoric acid groups is 1. The fraction of sp³-hybridized carbons (Fsp3) is 0.667. The molecule has 0 aliphatic rings. The molecule has 10 heavy (non-hydrogen) atoms. The first kappa shape index (κ1) is 9.74. The van der Waals surface area contributed by atoms with Crippen molar-refractivity contribution in [2.45, 2.75) is 6.10 Å². The van der Waals surface area contributed by atoms with E-state index in [2.05, 4.69) is 4.52 Å². The van der Waals surface area contributed by atoms with E-state index in [1.54, 1.807) is 0 Å². The average molecular weight is 169 g/mol. The van der Waals surface area contributed by atoms with Crippen LogP contribution >= 0.6 is 7.82 Å². The minimum absolute atomic E-state index is 0.797. The molecule has 1 radical (unpaired) electrons. The van der Waals surface area contributed by atoms with E-state index in [4.69, 9.17) is 14.9 Å². The van der Waals surface area contributed by atoms with Crippen molar-refractivity contribution in [2.75, 3.05) is 6.61 Å². The normalized spacial score (nSPS) is 14.7. The van der Waals surface area contributed by atoms with Gasteiger partial charge in [0.15, 0.2) is 6.10 Å². The lowest BCUT2D eigenvalue weighted by molar-refractivity contribution is 0.117. The van der Waals surface area contributed by atoms with Crippen LogP contribution in [0.15, 0.2) is 0 Å². The van der Waals surface area contributed by atoms with Crippen LogP contribution < -0.4 is 0 Å². The molecule has 59 valence electrons.